The van der Waals surface area contributed by atoms with E-state index in [4.69, 9.17) is 21.1 Å². The molecule has 2 aromatic carbocycles. The zero-order valence-corrected chi connectivity index (χ0v) is 15.0. The van der Waals surface area contributed by atoms with Crippen molar-refractivity contribution in [1.29, 1.82) is 0 Å². The number of benzene rings is 2. The van der Waals surface area contributed by atoms with Crippen molar-refractivity contribution in [3.8, 4) is 11.5 Å². The summed E-state index contributed by atoms with van der Waals surface area (Å²) in [4.78, 5) is 0. The van der Waals surface area contributed by atoms with E-state index in [0.717, 1.165) is 24.3 Å². The molecule has 1 aliphatic heterocycles. The number of halogens is 2. The van der Waals surface area contributed by atoms with Crippen LogP contribution in [0.4, 0.5) is 0 Å². The molecular weight excluding hydrogens is 357 g/mol. The standard InChI is InChI=1S/C20H17ClNO2.ClH/c21-18-11-17(12-19-20(18)24-14-23-19)13-22-8-6-16(7-9-22)10-15-4-2-1-3-5-15;/h1-9,11-12H,10,13-14H2;1H/q+1;/p-1. The number of fused-ring (bicyclic) bond motifs is 1. The first-order valence-corrected chi connectivity index (χ1v) is 8.26. The SMILES string of the molecule is Clc1cc(C[n+]2ccc(Cc3ccccc3)cc2)cc2c1OCO2.[Cl-]. The minimum atomic E-state index is 0. The minimum Gasteiger partial charge on any atom is -1.00 e. The fourth-order valence-corrected chi connectivity index (χ4v) is 3.15. The molecule has 128 valence electrons. The number of rotatable bonds is 4. The molecule has 1 aromatic heterocycles. The van der Waals surface area contributed by atoms with Crippen LogP contribution >= 0.6 is 11.6 Å². The lowest BCUT2D eigenvalue weighted by molar-refractivity contribution is -0.688. The van der Waals surface area contributed by atoms with Gasteiger partial charge in [0, 0.05) is 17.7 Å². The number of hydrogen-bond donors (Lipinski definition) is 0. The van der Waals surface area contributed by atoms with Gasteiger partial charge in [0.2, 0.25) is 6.79 Å². The normalized spacial score (nSPS) is 11.9. The lowest BCUT2D eigenvalue weighted by Crippen LogP contribution is -3.00. The summed E-state index contributed by atoms with van der Waals surface area (Å²) in [6, 6.07) is 18.7. The third-order valence-electron chi connectivity index (χ3n) is 4.06. The second-order valence-electron chi connectivity index (χ2n) is 5.85. The molecule has 0 atom stereocenters. The van der Waals surface area contributed by atoms with E-state index >= 15 is 0 Å². The third-order valence-corrected chi connectivity index (χ3v) is 4.34. The molecule has 0 spiro atoms. The molecule has 1 aliphatic rings. The second kappa shape index (κ2) is 7.77. The summed E-state index contributed by atoms with van der Waals surface area (Å²) in [7, 11) is 0. The molecule has 0 radical (unpaired) electrons. The Labute approximate surface area is 158 Å². The lowest BCUT2D eigenvalue weighted by atomic mass is 10.1. The van der Waals surface area contributed by atoms with E-state index in [-0.39, 0.29) is 19.2 Å². The summed E-state index contributed by atoms with van der Waals surface area (Å²) in [5, 5.41) is 0.598. The Morgan fingerprint density at radius 3 is 2.36 bits per heavy atom. The van der Waals surface area contributed by atoms with Crippen molar-refractivity contribution in [3.63, 3.8) is 0 Å². The highest BCUT2D eigenvalue weighted by Crippen LogP contribution is 2.39. The predicted molar refractivity (Wildman–Crippen MR) is 92.6 cm³/mol. The molecule has 3 nitrogen and oxygen atoms in total. The highest BCUT2D eigenvalue weighted by atomic mass is 35.5. The molecule has 25 heavy (non-hydrogen) atoms. The minimum absolute atomic E-state index is 0. The van der Waals surface area contributed by atoms with Gasteiger partial charge in [-0.25, -0.2) is 4.57 Å². The van der Waals surface area contributed by atoms with Crippen molar-refractivity contribution in [2.75, 3.05) is 6.79 Å². The summed E-state index contributed by atoms with van der Waals surface area (Å²) >= 11 is 6.24. The Balaban J connectivity index is 0.00000182. The molecule has 0 fully saturated rings. The molecule has 0 bridgehead atoms. The summed E-state index contributed by atoms with van der Waals surface area (Å²) < 4.78 is 12.9. The zero-order valence-electron chi connectivity index (χ0n) is 13.5. The summed E-state index contributed by atoms with van der Waals surface area (Å²) in [6.07, 6.45) is 5.13. The predicted octanol–water partition coefficient (Wildman–Crippen LogP) is 0.999. The lowest BCUT2D eigenvalue weighted by Gasteiger charge is -2.04. The van der Waals surface area contributed by atoms with E-state index in [9.17, 15) is 0 Å². The topological polar surface area (TPSA) is 22.3 Å². The van der Waals surface area contributed by atoms with E-state index in [1.165, 1.54) is 11.1 Å². The Bertz CT molecular complexity index is 852. The third kappa shape index (κ3) is 4.06. The summed E-state index contributed by atoms with van der Waals surface area (Å²) in [5.41, 5.74) is 3.70. The van der Waals surface area contributed by atoms with Crippen LogP contribution in [0.1, 0.15) is 16.7 Å². The van der Waals surface area contributed by atoms with Gasteiger partial charge in [-0.05, 0) is 29.7 Å². The van der Waals surface area contributed by atoms with Gasteiger partial charge in [-0.3, -0.25) is 0 Å². The molecule has 0 amide bonds. The quantitative estimate of drug-likeness (QED) is 0.636. The van der Waals surface area contributed by atoms with Gasteiger partial charge < -0.3 is 21.9 Å². The molecule has 3 aromatic rings. The van der Waals surface area contributed by atoms with Gasteiger partial charge in [0.25, 0.3) is 0 Å². The van der Waals surface area contributed by atoms with Crippen LogP contribution in [0, 0.1) is 0 Å². The Kier molecular flexibility index (Phi) is 5.47. The first-order chi connectivity index (χ1) is 11.8. The van der Waals surface area contributed by atoms with Crippen LogP contribution in [-0.2, 0) is 13.0 Å². The van der Waals surface area contributed by atoms with Crippen molar-refractivity contribution >= 4 is 11.6 Å². The second-order valence-corrected chi connectivity index (χ2v) is 6.26. The fourth-order valence-electron chi connectivity index (χ4n) is 2.87. The zero-order chi connectivity index (χ0) is 16.4. The van der Waals surface area contributed by atoms with E-state index in [1.54, 1.807) is 0 Å². The van der Waals surface area contributed by atoms with Gasteiger partial charge in [-0.2, -0.15) is 0 Å². The van der Waals surface area contributed by atoms with Gasteiger partial charge in [0.15, 0.2) is 30.4 Å². The van der Waals surface area contributed by atoms with E-state index < -0.39 is 0 Å². The fraction of sp³-hybridized carbons (Fsp3) is 0.150. The Morgan fingerprint density at radius 1 is 0.880 bits per heavy atom. The van der Waals surface area contributed by atoms with E-state index in [1.807, 2.05) is 18.2 Å². The number of pyridine rings is 1. The Morgan fingerprint density at radius 2 is 1.60 bits per heavy atom. The van der Waals surface area contributed by atoms with Crippen LogP contribution in [0.3, 0.4) is 0 Å². The molecule has 4 rings (SSSR count). The monoisotopic (exact) mass is 373 g/mol. The number of aromatic nitrogens is 1. The van der Waals surface area contributed by atoms with E-state index in [2.05, 4.69) is 53.4 Å². The molecule has 0 saturated carbocycles. The molecular formula is C20H17Cl2NO2. The highest BCUT2D eigenvalue weighted by molar-refractivity contribution is 6.32. The van der Waals surface area contributed by atoms with Crippen molar-refractivity contribution in [3.05, 3.63) is 88.7 Å². The van der Waals surface area contributed by atoms with Crippen molar-refractivity contribution in [2.24, 2.45) is 0 Å². The van der Waals surface area contributed by atoms with Crippen molar-refractivity contribution in [2.45, 2.75) is 13.0 Å². The maximum absolute atomic E-state index is 6.24. The van der Waals surface area contributed by atoms with Crippen LogP contribution in [-0.4, -0.2) is 6.79 Å². The van der Waals surface area contributed by atoms with Gasteiger partial charge >= 0.3 is 0 Å². The number of ether oxygens (including phenoxy) is 2. The van der Waals surface area contributed by atoms with Gasteiger partial charge in [-0.1, -0.05) is 41.9 Å². The molecule has 5 heteroatoms. The van der Waals surface area contributed by atoms with E-state index in [0.29, 0.717) is 10.8 Å². The first-order valence-electron chi connectivity index (χ1n) is 7.88. The molecule has 0 N–H and O–H groups in total. The van der Waals surface area contributed by atoms with Crippen LogP contribution in [0.15, 0.2) is 67.0 Å². The van der Waals surface area contributed by atoms with Crippen molar-refractivity contribution < 1.29 is 26.4 Å². The average Bonchev–Trinajstić information content (AvgIpc) is 3.07. The van der Waals surface area contributed by atoms with Crippen LogP contribution in [0.5, 0.6) is 11.5 Å². The first kappa shape index (κ1) is 17.6. The van der Waals surface area contributed by atoms with Crippen LogP contribution < -0.4 is 26.4 Å². The number of nitrogens with zero attached hydrogens (tertiary/aromatic N) is 1. The average molecular weight is 374 g/mol. The molecule has 0 unspecified atom stereocenters. The number of hydrogen-bond acceptors (Lipinski definition) is 2. The maximum Gasteiger partial charge on any atom is 0.231 e. The summed E-state index contributed by atoms with van der Waals surface area (Å²) in [6.45, 7) is 0.974. The maximum atomic E-state index is 6.24. The van der Waals surface area contributed by atoms with Crippen molar-refractivity contribution in [1.82, 2.24) is 0 Å². The molecule has 0 saturated heterocycles. The molecule has 0 aliphatic carbocycles. The van der Waals surface area contributed by atoms with Crippen LogP contribution in [0.2, 0.25) is 5.02 Å². The molecule has 2 heterocycles. The smallest absolute Gasteiger partial charge is 0.231 e. The highest BCUT2D eigenvalue weighted by Gasteiger charge is 2.19. The van der Waals surface area contributed by atoms with Crippen LogP contribution in [0.25, 0.3) is 0 Å². The Hall–Kier alpha value is -2.23. The van der Waals surface area contributed by atoms with Gasteiger partial charge in [0.05, 0.1) is 5.02 Å². The largest absolute Gasteiger partial charge is 1.00 e. The van der Waals surface area contributed by atoms with Gasteiger partial charge in [-0.15, -0.1) is 0 Å². The van der Waals surface area contributed by atoms with Gasteiger partial charge in [0.1, 0.15) is 0 Å². The summed E-state index contributed by atoms with van der Waals surface area (Å²) in [5.74, 6) is 1.36.